The lowest BCUT2D eigenvalue weighted by atomic mass is 9.98. The van der Waals surface area contributed by atoms with Gasteiger partial charge in [-0.3, -0.25) is 0 Å². The maximum absolute atomic E-state index is 10.8. The van der Waals surface area contributed by atoms with Gasteiger partial charge in [-0.2, -0.15) is 0 Å². The molecule has 0 fully saturated rings. The highest BCUT2D eigenvalue weighted by Gasteiger charge is 2.46. The largest absolute Gasteiger partial charge is 0.490 e. The Morgan fingerprint density at radius 1 is 1.29 bits per heavy atom. The SMILES string of the molecule is C=CCOc1ccc(O[C@H]2c3ccccc3C[C@@]2(O)CO)c(C)c1. The van der Waals surface area contributed by atoms with Gasteiger partial charge in [0.2, 0.25) is 0 Å². The quantitative estimate of drug-likeness (QED) is 0.801. The normalized spacial score (nSPS) is 22.0. The first kappa shape index (κ1) is 16.6. The second-order valence-corrected chi connectivity index (χ2v) is 6.16. The highest BCUT2D eigenvalue weighted by molar-refractivity contribution is 5.43. The zero-order valence-corrected chi connectivity index (χ0v) is 13.7. The van der Waals surface area contributed by atoms with E-state index in [1.54, 1.807) is 6.08 Å². The summed E-state index contributed by atoms with van der Waals surface area (Å²) >= 11 is 0. The van der Waals surface area contributed by atoms with Gasteiger partial charge < -0.3 is 19.7 Å². The molecule has 0 bridgehead atoms. The fourth-order valence-electron chi connectivity index (χ4n) is 3.10. The molecule has 0 unspecified atom stereocenters. The number of benzene rings is 2. The van der Waals surface area contributed by atoms with Crippen LogP contribution in [0.1, 0.15) is 22.8 Å². The molecule has 0 aromatic heterocycles. The number of aliphatic hydroxyl groups is 2. The molecular weight excluding hydrogens is 304 g/mol. The lowest BCUT2D eigenvalue weighted by molar-refractivity contribution is -0.0849. The number of aliphatic hydroxyl groups excluding tert-OH is 1. The monoisotopic (exact) mass is 326 g/mol. The lowest BCUT2D eigenvalue weighted by Crippen LogP contribution is -2.40. The molecule has 0 amide bonds. The van der Waals surface area contributed by atoms with Crippen molar-refractivity contribution in [3.63, 3.8) is 0 Å². The zero-order chi connectivity index (χ0) is 17.2. The van der Waals surface area contributed by atoms with Gasteiger partial charge in [-0.25, -0.2) is 0 Å². The Hall–Kier alpha value is -2.30. The first-order chi connectivity index (χ1) is 11.6. The minimum absolute atomic E-state index is 0.355. The van der Waals surface area contributed by atoms with Gasteiger partial charge in [-0.05, 0) is 41.8 Å². The Bertz CT molecular complexity index is 740. The van der Waals surface area contributed by atoms with Crippen LogP contribution in [0.2, 0.25) is 0 Å². The van der Waals surface area contributed by atoms with Crippen molar-refractivity contribution in [2.45, 2.75) is 25.0 Å². The van der Waals surface area contributed by atoms with Crippen LogP contribution in [0.3, 0.4) is 0 Å². The van der Waals surface area contributed by atoms with E-state index in [1.165, 1.54) is 0 Å². The third-order valence-corrected chi connectivity index (χ3v) is 4.36. The van der Waals surface area contributed by atoms with Crippen molar-refractivity contribution in [2.75, 3.05) is 13.2 Å². The second-order valence-electron chi connectivity index (χ2n) is 6.16. The van der Waals surface area contributed by atoms with Crippen molar-refractivity contribution >= 4 is 0 Å². The minimum Gasteiger partial charge on any atom is -0.490 e. The van der Waals surface area contributed by atoms with Gasteiger partial charge in [0.25, 0.3) is 0 Å². The Morgan fingerprint density at radius 3 is 2.79 bits per heavy atom. The molecule has 2 atom stereocenters. The van der Waals surface area contributed by atoms with Crippen LogP contribution < -0.4 is 9.47 Å². The van der Waals surface area contributed by atoms with Crippen molar-refractivity contribution in [1.82, 2.24) is 0 Å². The van der Waals surface area contributed by atoms with Crippen LogP contribution in [0.15, 0.2) is 55.1 Å². The summed E-state index contributed by atoms with van der Waals surface area (Å²) in [6, 6.07) is 13.3. The molecular formula is C20H22O4. The minimum atomic E-state index is -1.31. The van der Waals surface area contributed by atoms with Crippen LogP contribution in [-0.4, -0.2) is 29.0 Å². The zero-order valence-electron chi connectivity index (χ0n) is 13.7. The summed E-state index contributed by atoms with van der Waals surface area (Å²) in [5.41, 5.74) is 1.51. The van der Waals surface area contributed by atoms with E-state index in [0.29, 0.717) is 18.8 Å². The van der Waals surface area contributed by atoms with Crippen LogP contribution in [-0.2, 0) is 6.42 Å². The molecule has 126 valence electrons. The van der Waals surface area contributed by atoms with Crippen molar-refractivity contribution < 1.29 is 19.7 Å². The van der Waals surface area contributed by atoms with Crippen LogP contribution in [0.5, 0.6) is 11.5 Å². The predicted molar refractivity (Wildman–Crippen MR) is 92.4 cm³/mol. The molecule has 2 aromatic rings. The average molecular weight is 326 g/mol. The maximum atomic E-state index is 10.8. The topological polar surface area (TPSA) is 58.9 Å². The molecule has 0 saturated heterocycles. The summed E-state index contributed by atoms with van der Waals surface area (Å²) < 4.78 is 11.6. The first-order valence-electron chi connectivity index (χ1n) is 7.99. The summed E-state index contributed by atoms with van der Waals surface area (Å²) in [6.07, 6.45) is 1.47. The number of rotatable bonds is 6. The number of hydrogen-bond donors (Lipinski definition) is 2. The lowest BCUT2D eigenvalue weighted by Gasteiger charge is -2.29. The smallest absolute Gasteiger partial charge is 0.155 e. The fourth-order valence-corrected chi connectivity index (χ4v) is 3.10. The molecule has 0 radical (unpaired) electrons. The molecule has 3 rings (SSSR count). The molecule has 4 heteroatoms. The Morgan fingerprint density at radius 2 is 2.08 bits per heavy atom. The van der Waals surface area contributed by atoms with Crippen LogP contribution in [0, 0.1) is 6.92 Å². The second kappa shape index (κ2) is 6.67. The van der Waals surface area contributed by atoms with E-state index in [0.717, 1.165) is 22.4 Å². The van der Waals surface area contributed by atoms with Crippen LogP contribution in [0.4, 0.5) is 0 Å². The Kier molecular flexibility index (Phi) is 4.60. The molecule has 2 aromatic carbocycles. The van der Waals surface area contributed by atoms with Crippen molar-refractivity contribution in [2.24, 2.45) is 0 Å². The summed E-state index contributed by atoms with van der Waals surface area (Å²) in [5.74, 6) is 1.40. The van der Waals surface area contributed by atoms with Gasteiger partial charge >= 0.3 is 0 Å². The van der Waals surface area contributed by atoms with Crippen molar-refractivity contribution in [3.8, 4) is 11.5 Å². The molecule has 1 aliphatic carbocycles. The predicted octanol–water partition coefficient (Wildman–Crippen LogP) is 2.96. The molecule has 1 aliphatic rings. The van der Waals surface area contributed by atoms with Gasteiger partial charge in [0.05, 0.1) is 6.61 Å². The standard InChI is InChI=1S/C20H22O4/c1-3-10-23-16-8-9-18(14(2)11-16)24-19-17-7-5-4-6-15(17)12-20(19,22)13-21/h3-9,11,19,21-22H,1,10,12-13H2,2H3/t19-,20+/m0/s1. The Labute approximate surface area is 142 Å². The molecule has 0 saturated carbocycles. The third-order valence-electron chi connectivity index (χ3n) is 4.36. The molecule has 4 nitrogen and oxygen atoms in total. The van der Waals surface area contributed by atoms with E-state index >= 15 is 0 Å². The number of aryl methyl sites for hydroxylation is 1. The van der Waals surface area contributed by atoms with E-state index in [1.807, 2.05) is 49.4 Å². The van der Waals surface area contributed by atoms with Crippen LogP contribution >= 0.6 is 0 Å². The Balaban J connectivity index is 1.88. The summed E-state index contributed by atoms with van der Waals surface area (Å²) in [7, 11) is 0. The number of fused-ring (bicyclic) bond motifs is 1. The van der Waals surface area contributed by atoms with Gasteiger partial charge in [0, 0.05) is 6.42 Å². The molecule has 2 N–H and O–H groups in total. The van der Waals surface area contributed by atoms with E-state index < -0.39 is 11.7 Å². The first-order valence-corrected chi connectivity index (χ1v) is 7.99. The highest BCUT2D eigenvalue weighted by atomic mass is 16.5. The summed E-state index contributed by atoms with van der Waals surface area (Å²) in [4.78, 5) is 0. The van der Waals surface area contributed by atoms with Crippen molar-refractivity contribution in [3.05, 3.63) is 71.8 Å². The molecule has 0 spiro atoms. The van der Waals surface area contributed by atoms with Crippen molar-refractivity contribution in [1.29, 1.82) is 0 Å². The van der Waals surface area contributed by atoms with Gasteiger partial charge in [-0.15, -0.1) is 0 Å². The van der Waals surface area contributed by atoms with Gasteiger partial charge in [0.15, 0.2) is 6.10 Å². The van der Waals surface area contributed by atoms with Gasteiger partial charge in [-0.1, -0.05) is 36.9 Å². The van der Waals surface area contributed by atoms with Gasteiger partial charge in [0.1, 0.15) is 23.7 Å². The van der Waals surface area contributed by atoms with E-state index in [2.05, 4.69) is 6.58 Å². The van der Waals surface area contributed by atoms with E-state index in [-0.39, 0.29) is 6.61 Å². The number of ether oxygens (including phenoxy) is 2. The van der Waals surface area contributed by atoms with E-state index in [4.69, 9.17) is 9.47 Å². The van der Waals surface area contributed by atoms with Crippen LogP contribution in [0.25, 0.3) is 0 Å². The maximum Gasteiger partial charge on any atom is 0.155 e. The summed E-state index contributed by atoms with van der Waals surface area (Å²) in [6.45, 7) is 5.64. The molecule has 0 aliphatic heterocycles. The van der Waals surface area contributed by atoms with E-state index in [9.17, 15) is 10.2 Å². The third kappa shape index (κ3) is 3.03. The number of hydrogen-bond acceptors (Lipinski definition) is 4. The average Bonchev–Trinajstić information content (AvgIpc) is 2.88. The highest BCUT2D eigenvalue weighted by Crippen LogP contribution is 2.42. The fraction of sp³-hybridized carbons (Fsp3) is 0.300. The molecule has 24 heavy (non-hydrogen) atoms. The molecule has 0 heterocycles. The summed E-state index contributed by atoms with van der Waals surface area (Å²) in [5, 5.41) is 20.5.